The van der Waals surface area contributed by atoms with Gasteiger partial charge in [0, 0.05) is 34.6 Å². The van der Waals surface area contributed by atoms with E-state index in [2.05, 4.69) is 60.7 Å². The third kappa shape index (κ3) is 6.11. The smallest absolute Gasteiger partial charge is 0.278 e. The molecule has 0 aromatic heterocycles. The highest BCUT2D eigenvalue weighted by molar-refractivity contribution is 5.90. The van der Waals surface area contributed by atoms with Gasteiger partial charge in [0.1, 0.15) is 0 Å². The van der Waals surface area contributed by atoms with Crippen molar-refractivity contribution in [3.63, 3.8) is 0 Å². The lowest BCUT2D eigenvalue weighted by atomic mass is 9.93. The number of nitrogens with two attached hydrogens (primary N) is 2. The summed E-state index contributed by atoms with van der Waals surface area (Å²) in [5.74, 6) is 0. The Kier molecular flexibility index (Phi) is 8.21. The standard InChI is InChI=1S/C48H32N4O4/c49-45-26-42-38-19-11-34(12-20-38)36-15-23-40(24-16-36)44-28-47(51(53)54)43(27-48(44)52(55)56)39-21-13-35(14-22-39)32-7-3-30(4-8-32)29-1-5-31(6-2-29)33-9-17-37(18-10-33)41(45)25-46(42)50/h1-28H,49-50H2. The minimum atomic E-state index is -0.495. The number of anilines is 2. The van der Waals surface area contributed by atoms with Gasteiger partial charge in [-0.1, -0.05) is 146 Å². The Bertz CT molecular complexity index is 2810. The Morgan fingerprint density at radius 3 is 0.661 bits per heavy atom. The molecule has 22 aliphatic rings. The molecule has 0 saturated heterocycles. The highest BCUT2D eigenvalue weighted by Crippen LogP contribution is 2.42. The third-order valence-electron chi connectivity index (χ3n) is 10.6. The topological polar surface area (TPSA) is 138 Å². The molecular weight excluding hydrogens is 697 g/mol. The molecule has 0 aliphatic heterocycles. The lowest BCUT2D eigenvalue weighted by molar-refractivity contribution is -0.388. The van der Waals surface area contributed by atoms with Gasteiger partial charge in [-0.2, -0.15) is 0 Å². The zero-order chi connectivity index (χ0) is 38.5. The zero-order valence-corrected chi connectivity index (χ0v) is 29.8. The molecule has 0 atom stereocenters. The van der Waals surface area contributed by atoms with Crippen LogP contribution in [0, 0.1) is 20.2 Å². The van der Waals surface area contributed by atoms with Gasteiger partial charge in [0.25, 0.3) is 11.4 Å². The number of nitro benzene ring substituents is 2. The van der Waals surface area contributed by atoms with Gasteiger partial charge in [0.05, 0.1) is 21.0 Å². The number of nitrogens with zero attached hydrogens (tertiary/aromatic N) is 2. The number of hydrogen-bond donors (Lipinski definition) is 2. The van der Waals surface area contributed by atoms with Crippen LogP contribution in [0.4, 0.5) is 22.7 Å². The van der Waals surface area contributed by atoms with Crippen LogP contribution in [0.1, 0.15) is 0 Å². The minimum Gasteiger partial charge on any atom is -0.398 e. The molecule has 30 rings (SSSR count). The van der Waals surface area contributed by atoms with Crippen LogP contribution in [0.25, 0.3) is 89.0 Å². The number of rotatable bonds is 2. The molecule has 0 radical (unpaired) electrons. The quantitative estimate of drug-likeness (QED) is 0.103. The predicted molar refractivity (Wildman–Crippen MR) is 226 cm³/mol. The maximum absolute atomic E-state index is 12.4. The number of benzene rings is 8. The van der Waals surface area contributed by atoms with E-state index in [1.54, 1.807) is 24.3 Å². The van der Waals surface area contributed by atoms with Crippen LogP contribution in [0.3, 0.4) is 0 Å². The zero-order valence-electron chi connectivity index (χ0n) is 29.8. The van der Waals surface area contributed by atoms with Crippen molar-refractivity contribution in [2.75, 3.05) is 11.5 Å². The van der Waals surface area contributed by atoms with Crippen molar-refractivity contribution in [3.05, 3.63) is 190 Å². The van der Waals surface area contributed by atoms with Crippen LogP contribution in [0.5, 0.6) is 0 Å². The molecule has 16 bridgehead atoms. The number of nitrogen functional groups attached to an aromatic ring is 2. The molecule has 8 nitrogen and oxygen atoms in total. The van der Waals surface area contributed by atoms with Crippen LogP contribution in [-0.2, 0) is 0 Å². The summed E-state index contributed by atoms with van der Waals surface area (Å²) in [6, 6.07) is 53.7. The van der Waals surface area contributed by atoms with Gasteiger partial charge in [-0.3, -0.25) is 20.2 Å². The van der Waals surface area contributed by atoms with E-state index in [1.165, 1.54) is 12.1 Å². The van der Waals surface area contributed by atoms with Crippen molar-refractivity contribution in [1.29, 1.82) is 0 Å². The van der Waals surface area contributed by atoms with Crippen LogP contribution < -0.4 is 11.5 Å². The monoisotopic (exact) mass is 728 g/mol. The highest BCUT2D eigenvalue weighted by Gasteiger charge is 2.26. The second-order valence-corrected chi connectivity index (χ2v) is 13.9. The van der Waals surface area contributed by atoms with Crippen molar-refractivity contribution in [2.45, 2.75) is 0 Å². The second kappa shape index (κ2) is 13.5. The molecule has 0 heterocycles. The van der Waals surface area contributed by atoms with E-state index in [4.69, 9.17) is 11.5 Å². The van der Waals surface area contributed by atoms with E-state index in [9.17, 15) is 20.2 Å². The summed E-state index contributed by atoms with van der Waals surface area (Å²) in [4.78, 5) is 23.9. The van der Waals surface area contributed by atoms with Gasteiger partial charge in [-0.05, 0) is 78.9 Å². The summed E-state index contributed by atoms with van der Waals surface area (Å²) in [5, 5.41) is 24.8. The average molecular weight is 729 g/mol. The molecule has 8 aromatic carbocycles. The molecule has 4 N–H and O–H groups in total. The molecule has 0 fully saturated rings. The van der Waals surface area contributed by atoms with E-state index in [1.807, 2.05) is 72.8 Å². The summed E-state index contributed by atoms with van der Waals surface area (Å²) >= 11 is 0. The van der Waals surface area contributed by atoms with Crippen molar-refractivity contribution >= 4 is 22.7 Å². The predicted octanol–water partition coefficient (Wildman–Crippen LogP) is 12.3. The Labute approximate surface area is 322 Å². The lowest BCUT2D eigenvalue weighted by Gasteiger charge is -2.14. The van der Waals surface area contributed by atoms with E-state index in [0.29, 0.717) is 22.5 Å². The summed E-state index contributed by atoms with van der Waals surface area (Å²) < 4.78 is 0. The fourth-order valence-corrected chi connectivity index (χ4v) is 7.55. The van der Waals surface area contributed by atoms with Crippen LogP contribution in [0.15, 0.2) is 170 Å². The number of nitro groups is 2. The average Bonchev–Trinajstić information content (AvgIpc) is 3.24. The van der Waals surface area contributed by atoms with E-state index >= 15 is 0 Å². The minimum absolute atomic E-state index is 0.164. The first-order valence-corrected chi connectivity index (χ1v) is 18.0. The molecule has 8 heteroatoms. The SMILES string of the molecule is Nc1cc2c(N)cc1-c1ccc(cc1)-c1ccc(cc1)-c1ccc(cc1)-c1ccc(cc1)-c1cc([N+](=O)[O-])c(cc1[N+](=O)[O-])-c1ccc(cc1)-c1ccc-2cc1. The molecule has 22 aliphatic carbocycles. The molecule has 0 saturated carbocycles. The first-order chi connectivity index (χ1) is 27.2. The van der Waals surface area contributed by atoms with Gasteiger partial charge >= 0.3 is 0 Å². The van der Waals surface area contributed by atoms with E-state index in [-0.39, 0.29) is 22.5 Å². The number of hydrogen-bond acceptors (Lipinski definition) is 6. The van der Waals surface area contributed by atoms with Crippen LogP contribution in [0.2, 0.25) is 0 Å². The van der Waals surface area contributed by atoms with Crippen molar-refractivity contribution in [2.24, 2.45) is 0 Å². The third-order valence-corrected chi connectivity index (χ3v) is 10.6. The van der Waals surface area contributed by atoms with Gasteiger partial charge in [0.15, 0.2) is 0 Å². The van der Waals surface area contributed by atoms with Gasteiger partial charge in [-0.25, -0.2) is 0 Å². The Morgan fingerprint density at radius 2 is 0.464 bits per heavy atom. The normalized spacial score (nSPS) is 11.3. The molecule has 0 amide bonds. The first-order valence-electron chi connectivity index (χ1n) is 18.0. The van der Waals surface area contributed by atoms with Crippen LogP contribution in [-0.4, -0.2) is 9.85 Å². The molecule has 56 heavy (non-hydrogen) atoms. The van der Waals surface area contributed by atoms with E-state index < -0.39 is 9.85 Å². The summed E-state index contributed by atoms with van der Waals surface area (Å²) in [5.41, 5.74) is 26.9. The van der Waals surface area contributed by atoms with Gasteiger partial charge in [-0.15, -0.1) is 0 Å². The highest BCUT2D eigenvalue weighted by atomic mass is 16.6. The first kappa shape index (κ1) is 34.0. The molecule has 0 spiro atoms. The largest absolute Gasteiger partial charge is 0.398 e. The second-order valence-electron chi connectivity index (χ2n) is 13.9. The Balaban J connectivity index is 1.16. The van der Waals surface area contributed by atoms with Gasteiger partial charge in [0.2, 0.25) is 0 Å². The fraction of sp³-hybridized carbons (Fsp3) is 0. The maximum Gasteiger partial charge on any atom is 0.278 e. The van der Waals surface area contributed by atoms with Crippen molar-refractivity contribution in [1.82, 2.24) is 0 Å². The lowest BCUT2D eigenvalue weighted by Crippen LogP contribution is -1.98. The molecule has 268 valence electrons. The Hall–Kier alpha value is -7.84. The van der Waals surface area contributed by atoms with Crippen molar-refractivity contribution in [3.8, 4) is 89.0 Å². The van der Waals surface area contributed by atoms with Crippen molar-refractivity contribution < 1.29 is 9.85 Å². The van der Waals surface area contributed by atoms with Crippen LogP contribution >= 0.6 is 0 Å². The van der Waals surface area contributed by atoms with Gasteiger partial charge < -0.3 is 11.5 Å². The summed E-state index contributed by atoms with van der Waals surface area (Å²) in [6.45, 7) is 0. The maximum atomic E-state index is 12.4. The summed E-state index contributed by atoms with van der Waals surface area (Å²) in [7, 11) is 0. The van der Waals surface area contributed by atoms with E-state index in [0.717, 1.165) is 66.8 Å². The fourth-order valence-electron chi connectivity index (χ4n) is 7.55. The molecule has 8 aromatic rings. The Morgan fingerprint density at radius 1 is 0.286 bits per heavy atom. The summed E-state index contributed by atoms with van der Waals surface area (Å²) in [6.07, 6.45) is 0. The molecular formula is C48H32N4O4. The molecule has 0 unspecified atom stereocenters.